The topological polar surface area (TPSA) is 89.2 Å². The molecule has 2 fully saturated rings. The van der Waals surface area contributed by atoms with Crippen LogP contribution in [0.2, 0.25) is 0 Å². The number of aromatic nitrogens is 3. The Kier molecular flexibility index (Phi) is 6.25. The van der Waals surface area contributed by atoms with Gasteiger partial charge in [-0.15, -0.1) is 0 Å². The molecule has 2 aromatic rings. The van der Waals surface area contributed by atoms with Crippen molar-refractivity contribution >= 4 is 11.8 Å². The predicted octanol–water partition coefficient (Wildman–Crippen LogP) is 2.25. The van der Waals surface area contributed by atoms with Gasteiger partial charge in [-0.2, -0.15) is 0 Å². The molecule has 31 heavy (non-hydrogen) atoms. The molecule has 2 aliphatic rings. The van der Waals surface area contributed by atoms with Gasteiger partial charge < -0.3 is 19.4 Å². The summed E-state index contributed by atoms with van der Waals surface area (Å²) in [5.74, 6) is 0.598. The number of aryl methyl sites for hydroxylation is 1. The molecule has 2 aromatic heterocycles. The summed E-state index contributed by atoms with van der Waals surface area (Å²) in [5, 5.41) is 3.00. The average Bonchev–Trinajstić information content (AvgIpc) is 3.54. The van der Waals surface area contributed by atoms with Crippen molar-refractivity contribution in [3.8, 4) is 0 Å². The zero-order valence-corrected chi connectivity index (χ0v) is 18.3. The van der Waals surface area contributed by atoms with Crippen LogP contribution in [0.4, 0.5) is 0 Å². The second-order valence-electron chi connectivity index (χ2n) is 8.84. The Balaban J connectivity index is 1.48. The van der Waals surface area contributed by atoms with E-state index in [9.17, 15) is 14.4 Å². The number of likely N-dealkylation sites (N-methyl/N-ethyl adjacent to an activating group) is 1. The summed E-state index contributed by atoms with van der Waals surface area (Å²) in [6.45, 7) is -0.0572. The average molecular weight is 426 g/mol. The van der Waals surface area contributed by atoms with Crippen molar-refractivity contribution in [2.75, 3.05) is 7.05 Å². The van der Waals surface area contributed by atoms with Crippen LogP contribution >= 0.6 is 0 Å². The number of hydrogen-bond acceptors (Lipinski definition) is 4. The first-order valence-corrected chi connectivity index (χ1v) is 11.2. The van der Waals surface area contributed by atoms with Crippen molar-refractivity contribution in [2.45, 2.75) is 63.6 Å². The SMILES string of the molecule is CN(C(=O)Cn1cccc(C(=O)N[C@H](c2nccn2C)C2CC2)c1=O)C1CCCCC1. The monoisotopic (exact) mass is 425 g/mol. The standard InChI is InChI=1S/C23H31N5O3/c1-26-14-12-24-21(26)20(16-10-11-16)25-22(30)18-9-6-13-28(23(18)31)15-19(29)27(2)17-7-4-3-5-8-17/h6,9,12-14,16-17,20H,3-5,7-8,10-11,15H2,1-2H3,(H,25,30)/t20-/m0/s1. The molecular weight excluding hydrogens is 394 g/mol. The molecule has 2 heterocycles. The van der Waals surface area contributed by atoms with Crippen molar-refractivity contribution in [1.29, 1.82) is 0 Å². The number of nitrogens with one attached hydrogen (secondary N) is 1. The fraction of sp³-hybridized carbons (Fsp3) is 0.565. The quantitative estimate of drug-likeness (QED) is 0.737. The van der Waals surface area contributed by atoms with E-state index in [4.69, 9.17) is 0 Å². The summed E-state index contributed by atoms with van der Waals surface area (Å²) >= 11 is 0. The van der Waals surface area contributed by atoms with Crippen molar-refractivity contribution in [3.63, 3.8) is 0 Å². The summed E-state index contributed by atoms with van der Waals surface area (Å²) in [6, 6.07) is 3.18. The van der Waals surface area contributed by atoms with Gasteiger partial charge in [-0.3, -0.25) is 14.4 Å². The molecule has 2 aliphatic carbocycles. The number of nitrogens with zero attached hydrogens (tertiary/aromatic N) is 4. The number of imidazole rings is 1. The Morgan fingerprint density at radius 3 is 2.58 bits per heavy atom. The van der Waals surface area contributed by atoms with E-state index in [0.717, 1.165) is 44.3 Å². The van der Waals surface area contributed by atoms with Crippen LogP contribution in [0.25, 0.3) is 0 Å². The Morgan fingerprint density at radius 2 is 1.94 bits per heavy atom. The first-order valence-electron chi connectivity index (χ1n) is 11.2. The van der Waals surface area contributed by atoms with Crippen LogP contribution in [0.15, 0.2) is 35.5 Å². The van der Waals surface area contributed by atoms with Gasteiger partial charge in [0.05, 0.1) is 6.04 Å². The Hall–Kier alpha value is -2.90. The van der Waals surface area contributed by atoms with Crippen LogP contribution in [0.5, 0.6) is 0 Å². The van der Waals surface area contributed by atoms with Crippen molar-refractivity contribution in [2.24, 2.45) is 13.0 Å². The van der Waals surface area contributed by atoms with Crippen molar-refractivity contribution in [3.05, 3.63) is 52.5 Å². The molecule has 1 N–H and O–H groups in total. The lowest BCUT2D eigenvalue weighted by molar-refractivity contribution is -0.133. The first-order chi connectivity index (χ1) is 15.0. The van der Waals surface area contributed by atoms with Gasteiger partial charge in [0.15, 0.2) is 0 Å². The predicted molar refractivity (Wildman–Crippen MR) is 116 cm³/mol. The van der Waals surface area contributed by atoms with Crippen LogP contribution in [0.3, 0.4) is 0 Å². The van der Waals surface area contributed by atoms with Gasteiger partial charge in [0, 0.05) is 38.7 Å². The summed E-state index contributed by atoms with van der Waals surface area (Å²) in [5.41, 5.74) is -0.393. The van der Waals surface area contributed by atoms with E-state index < -0.39 is 11.5 Å². The molecule has 2 saturated carbocycles. The Bertz CT molecular complexity index is 1000. The van der Waals surface area contributed by atoms with E-state index in [1.807, 2.05) is 24.9 Å². The highest BCUT2D eigenvalue weighted by atomic mass is 16.2. The summed E-state index contributed by atoms with van der Waals surface area (Å²) in [4.78, 5) is 44.9. The van der Waals surface area contributed by atoms with Gasteiger partial charge in [0.2, 0.25) is 5.91 Å². The van der Waals surface area contributed by atoms with Gasteiger partial charge in [-0.25, -0.2) is 4.98 Å². The van der Waals surface area contributed by atoms with E-state index in [1.54, 1.807) is 23.4 Å². The molecule has 0 radical (unpaired) electrons. The molecule has 0 aromatic carbocycles. The van der Waals surface area contributed by atoms with Crippen LogP contribution in [0.1, 0.15) is 67.2 Å². The molecule has 0 unspecified atom stereocenters. The maximum absolute atomic E-state index is 13.0. The molecule has 8 nitrogen and oxygen atoms in total. The normalized spacial score (nSPS) is 17.9. The summed E-state index contributed by atoms with van der Waals surface area (Å²) in [6.07, 6.45) is 12.7. The molecule has 1 atom stereocenters. The third-order valence-electron chi connectivity index (χ3n) is 6.60. The van der Waals surface area contributed by atoms with Crippen molar-refractivity contribution < 1.29 is 9.59 Å². The largest absolute Gasteiger partial charge is 0.342 e. The minimum Gasteiger partial charge on any atom is -0.342 e. The van der Waals surface area contributed by atoms with Gasteiger partial charge in [-0.05, 0) is 43.7 Å². The number of rotatable bonds is 7. The third kappa shape index (κ3) is 4.73. The molecule has 0 spiro atoms. The molecular formula is C23H31N5O3. The highest BCUT2D eigenvalue weighted by molar-refractivity contribution is 5.94. The maximum atomic E-state index is 13.0. The fourth-order valence-corrected chi connectivity index (χ4v) is 4.48. The summed E-state index contributed by atoms with van der Waals surface area (Å²) in [7, 11) is 3.71. The lowest BCUT2D eigenvalue weighted by Gasteiger charge is -2.31. The second kappa shape index (κ2) is 9.08. The van der Waals surface area contributed by atoms with E-state index in [0.29, 0.717) is 5.92 Å². The third-order valence-corrected chi connectivity index (χ3v) is 6.60. The number of carbonyl (C=O) groups excluding carboxylic acids is 2. The lowest BCUT2D eigenvalue weighted by Crippen LogP contribution is -2.42. The van der Waals surface area contributed by atoms with Gasteiger partial charge in [-0.1, -0.05) is 19.3 Å². The Morgan fingerprint density at radius 1 is 1.19 bits per heavy atom. The van der Waals surface area contributed by atoms with Gasteiger partial charge in [0.25, 0.3) is 11.5 Å². The number of carbonyl (C=O) groups is 2. The molecule has 2 amide bonds. The Labute approximate surface area is 182 Å². The van der Waals surface area contributed by atoms with Gasteiger partial charge >= 0.3 is 0 Å². The molecule has 4 rings (SSSR count). The zero-order valence-electron chi connectivity index (χ0n) is 18.3. The van der Waals surface area contributed by atoms with E-state index in [2.05, 4.69) is 10.3 Å². The summed E-state index contributed by atoms with van der Waals surface area (Å²) < 4.78 is 3.23. The van der Waals surface area contributed by atoms with E-state index in [-0.39, 0.29) is 30.1 Å². The van der Waals surface area contributed by atoms with Crippen LogP contribution in [-0.4, -0.2) is 43.9 Å². The number of hydrogen-bond donors (Lipinski definition) is 1. The smallest absolute Gasteiger partial charge is 0.263 e. The molecule has 8 heteroatoms. The van der Waals surface area contributed by atoms with Crippen LogP contribution in [-0.2, 0) is 18.4 Å². The lowest BCUT2D eigenvalue weighted by atomic mass is 9.94. The minimum absolute atomic E-state index is 0.0514. The number of pyridine rings is 1. The highest BCUT2D eigenvalue weighted by Gasteiger charge is 2.36. The fourth-order valence-electron chi connectivity index (χ4n) is 4.48. The molecule has 0 saturated heterocycles. The van der Waals surface area contributed by atoms with Crippen molar-refractivity contribution in [1.82, 2.24) is 24.3 Å². The zero-order chi connectivity index (χ0) is 22.0. The van der Waals surface area contributed by atoms with E-state index in [1.165, 1.54) is 17.1 Å². The maximum Gasteiger partial charge on any atom is 0.263 e. The van der Waals surface area contributed by atoms with Crippen LogP contribution in [0, 0.1) is 5.92 Å². The number of amides is 2. The van der Waals surface area contributed by atoms with E-state index >= 15 is 0 Å². The second-order valence-corrected chi connectivity index (χ2v) is 8.84. The minimum atomic E-state index is -0.445. The first kappa shape index (κ1) is 21.3. The molecule has 0 aliphatic heterocycles. The highest BCUT2D eigenvalue weighted by Crippen LogP contribution is 2.40. The molecule has 166 valence electrons. The molecule has 0 bridgehead atoms. The van der Waals surface area contributed by atoms with Crippen LogP contribution < -0.4 is 10.9 Å². The van der Waals surface area contributed by atoms with Gasteiger partial charge in [0.1, 0.15) is 17.9 Å².